The van der Waals surface area contributed by atoms with Crippen LogP contribution in [0.25, 0.3) is 0 Å². The Kier molecular flexibility index (Phi) is 5.50. The monoisotopic (exact) mass is 401 g/mol. The Balaban J connectivity index is 2.13. The average Bonchev–Trinajstić information content (AvgIpc) is 2.84. The molecule has 1 heterocycles. The summed E-state index contributed by atoms with van der Waals surface area (Å²) in [7, 11) is 1.19. The molecule has 1 aliphatic rings. The second-order valence-corrected chi connectivity index (χ2v) is 5.95. The average molecular weight is 402 g/mol. The number of phenolic OH excluding ortho intramolecular Hbond substituents is 1. The molecule has 1 aromatic carbocycles. The van der Waals surface area contributed by atoms with Gasteiger partial charge in [-0.15, -0.1) is 5.10 Å². The van der Waals surface area contributed by atoms with Crippen molar-refractivity contribution >= 4 is 51.0 Å². The molecule has 0 saturated carbocycles. The zero-order valence-electron chi connectivity index (χ0n) is 11.5. The molecular formula is C13H9BrFN3O4S. The van der Waals surface area contributed by atoms with Crippen LogP contribution in [-0.2, 0) is 14.3 Å². The standard InChI is InChI=1S/C13H9BrFN3O4S/c1-22-11(20)4-10-12(21)17-13(23-10)18-16-5-6-2-8(15)7(14)3-9(6)19/h2-5,19H,1H3,(H,17,18,21)/b10-4+,16-5?. The zero-order chi connectivity index (χ0) is 17.0. The van der Waals surface area contributed by atoms with Crippen molar-refractivity contribution in [1.29, 1.82) is 0 Å². The quantitative estimate of drug-likeness (QED) is 0.348. The molecule has 7 nitrogen and oxygen atoms in total. The van der Waals surface area contributed by atoms with Gasteiger partial charge in [-0.05, 0) is 39.8 Å². The van der Waals surface area contributed by atoms with E-state index in [1.54, 1.807) is 0 Å². The lowest BCUT2D eigenvalue weighted by atomic mass is 10.2. The Morgan fingerprint density at radius 2 is 2.26 bits per heavy atom. The normalized spacial score (nSPS) is 18.0. The van der Waals surface area contributed by atoms with Crippen LogP contribution in [0.15, 0.2) is 37.8 Å². The van der Waals surface area contributed by atoms with E-state index in [-0.39, 0.29) is 25.9 Å². The van der Waals surface area contributed by atoms with Gasteiger partial charge in [-0.25, -0.2) is 9.18 Å². The summed E-state index contributed by atoms with van der Waals surface area (Å²) in [6, 6.07) is 2.26. The Bertz CT molecular complexity index is 764. The number of carbonyl (C=O) groups is 2. The lowest BCUT2D eigenvalue weighted by Gasteiger charge is -2.00. The lowest BCUT2D eigenvalue weighted by Crippen LogP contribution is -2.19. The van der Waals surface area contributed by atoms with Gasteiger partial charge in [0.25, 0.3) is 5.91 Å². The first kappa shape index (κ1) is 17.2. The summed E-state index contributed by atoms with van der Waals surface area (Å²) in [6.07, 6.45) is 2.16. The van der Waals surface area contributed by atoms with Gasteiger partial charge in [0.05, 0.1) is 22.7 Å². The maximum absolute atomic E-state index is 13.4. The van der Waals surface area contributed by atoms with Crippen molar-refractivity contribution in [3.63, 3.8) is 0 Å². The number of phenols is 1. The highest BCUT2D eigenvalue weighted by Crippen LogP contribution is 2.25. The fraction of sp³-hybridized carbons (Fsp3) is 0.0769. The van der Waals surface area contributed by atoms with Crippen molar-refractivity contribution in [2.45, 2.75) is 0 Å². The van der Waals surface area contributed by atoms with Gasteiger partial charge in [-0.3, -0.25) is 10.1 Å². The minimum atomic E-state index is -0.664. The van der Waals surface area contributed by atoms with E-state index < -0.39 is 17.7 Å². The molecule has 120 valence electrons. The van der Waals surface area contributed by atoms with Crippen LogP contribution < -0.4 is 5.32 Å². The number of nitrogens with zero attached hydrogens (tertiary/aromatic N) is 2. The minimum Gasteiger partial charge on any atom is -0.507 e. The molecule has 0 bridgehead atoms. The SMILES string of the molecule is COC(=O)/C=C1/S/C(=N\N=Cc2cc(F)c(Br)cc2O)NC1=O. The Morgan fingerprint density at radius 1 is 1.52 bits per heavy atom. The number of methoxy groups -OCH3 is 1. The molecular weight excluding hydrogens is 393 g/mol. The van der Waals surface area contributed by atoms with Gasteiger partial charge in [0.15, 0.2) is 5.17 Å². The molecule has 1 saturated heterocycles. The largest absolute Gasteiger partial charge is 0.507 e. The fourth-order valence-electron chi connectivity index (χ4n) is 1.44. The minimum absolute atomic E-state index is 0.114. The van der Waals surface area contributed by atoms with Gasteiger partial charge in [-0.2, -0.15) is 5.10 Å². The summed E-state index contributed by atoms with van der Waals surface area (Å²) < 4.78 is 17.9. The molecule has 0 unspecified atom stereocenters. The smallest absolute Gasteiger partial charge is 0.331 e. The van der Waals surface area contributed by atoms with E-state index in [9.17, 15) is 19.1 Å². The first-order valence-corrected chi connectivity index (χ1v) is 7.59. The maximum Gasteiger partial charge on any atom is 0.331 e. The first-order chi connectivity index (χ1) is 10.9. The zero-order valence-corrected chi connectivity index (χ0v) is 13.9. The van der Waals surface area contributed by atoms with E-state index in [2.05, 4.69) is 36.2 Å². The number of nitrogens with one attached hydrogen (secondary N) is 1. The van der Waals surface area contributed by atoms with Crippen LogP contribution in [0, 0.1) is 5.82 Å². The number of thioether (sulfide) groups is 1. The third-order valence-corrected chi connectivity index (χ3v) is 4.02. The number of esters is 1. The Morgan fingerprint density at radius 3 is 2.96 bits per heavy atom. The van der Waals surface area contributed by atoms with E-state index in [0.717, 1.165) is 30.1 Å². The Hall–Kier alpha value is -2.20. The molecule has 1 aliphatic heterocycles. The van der Waals surface area contributed by atoms with Gasteiger partial charge in [0, 0.05) is 11.6 Å². The van der Waals surface area contributed by atoms with Crippen molar-refractivity contribution in [2.75, 3.05) is 7.11 Å². The molecule has 2 N–H and O–H groups in total. The molecule has 1 aromatic rings. The van der Waals surface area contributed by atoms with E-state index in [1.807, 2.05) is 0 Å². The maximum atomic E-state index is 13.4. The number of amides is 1. The van der Waals surface area contributed by atoms with Gasteiger partial charge >= 0.3 is 5.97 Å². The summed E-state index contributed by atoms with van der Waals surface area (Å²) in [5.41, 5.74) is 0.120. The summed E-state index contributed by atoms with van der Waals surface area (Å²) in [5.74, 6) is -1.92. The molecule has 1 amide bonds. The van der Waals surface area contributed by atoms with Crippen LogP contribution in [0.1, 0.15) is 5.56 Å². The van der Waals surface area contributed by atoms with E-state index in [4.69, 9.17) is 0 Å². The third kappa shape index (κ3) is 4.39. The Labute approximate surface area is 142 Å². The number of halogens is 2. The van der Waals surface area contributed by atoms with Crippen LogP contribution in [-0.4, -0.2) is 35.5 Å². The summed E-state index contributed by atoms with van der Waals surface area (Å²) in [4.78, 5) is 22.8. The molecule has 0 aromatic heterocycles. The van der Waals surface area contributed by atoms with Crippen LogP contribution in [0.5, 0.6) is 5.75 Å². The van der Waals surface area contributed by atoms with E-state index >= 15 is 0 Å². The van der Waals surface area contributed by atoms with E-state index in [0.29, 0.717) is 0 Å². The number of carbonyl (C=O) groups excluding carboxylic acids is 2. The number of ether oxygens (including phenoxy) is 1. The van der Waals surface area contributed by atoms with Crippen LogP contribution >= 0.6 is 27.7 Å². The molecule has 10 heteroatoms. The topological polar surface area (TPSA) is 100 Å². The fourth-order valence-corrected chi connectivity index (χ4v) is 2.51. The second-order valence-electron chi connectivity index (χ2n) is 4.06. The van der Waals surface area contributed by atoms with Crippen molar-refractivity contribution in [2.24, 2.45) is 10.2 Å². The van der Waals surface area contributed by atoms with Crippen molar-refractivity contribution in [3.8, 4) is 5.75 Å². The van der Waals surface area contributed by atoms with Crippen molar-refractivity contribution in [3.05, 3.63) is 39.0 Å². The van der Waals surface area contributed by atoms with Crippen LogP contribution in [0.2, 0.25) is 0 Å². The van der Waals surface area contributed by atoms with Crippen molar-refractivity contribution in [1.82, 2.24) is 5.32 Å². The molecule has 0 radical (unpaired) electrons. The molecule has 1 fully saturated rings. The van der Waals surface area contributed by atoms with Crippen molar-refractivity contribution < 1.29 is 23.8 Å². The molecule has 0 aliphatic carbocycles. The molecule has 23 heavy (non-hydrogen) atoms. The summed E-state index contributed by atoms with van der Waals surface area (Å²) in [6.45, 7) is 0. The van der Waals surface area contributed by atoms with Gasteiger partial charge in [-0.1, -0.05) is 0 Å². The number of rotatable bonds is 3. The number of aromatic hydroxyl groups is 1. The van der Waals surface area contributed by atoms with E-state index in [1.165, 1.54) is 13.2 Å². The molecule has 2 rings (SSSR count). The second kappa shape index (κ2) is 7.38. The van der Waals surface area contributed by atoms with Crippen LogP contribution in [0.3, 0.4) is 0 Å². The first-order valence-electron chi connectivity index (χ1n) is 5.98. The summed E-state index contributed by atoms with van der Waals surface area (Å²) >= 11 is 3.84. The lowest BCUT2D eigenvalue weighted by molar-refractivity contribution is -0.135. The highest BCUT2D eigenvalue weighted by atomic mass is 79.9. The predicted octanol–water partition coefficient (Wildman–Crippen LogP) is 1.90. The number of amidine groups is 1. The predicted molar refractivity (Wildman–Crippen MR) is 86.6 cm³/mol. The van der Waals surface area contributed by atoms with Gasteiger partial charge in [0.2, 0.25) is 0 Å². The third-order valence-electron chi connectivity index (χ3n) is 2.52. The number of hydrogen-bond acceptors (Lipinski definition) is 7. The number of benzene rings is 1. The molecule has 0 spiro atoms. The van der Waals surface area contributed by atoms with Gasteiger partial charge < -0.3 is 9.84 Å². The number of hydrogen-bond donors (Lipinski definition) is 2. The highest BCUT2D eigenvalue weighted by molar-refractivity contribution is 9.10. The molecule has 0 atom stereocenters. The summed E-state index contributed by atoms with van der Waals surface area (Å²) in [5, 5.41) is 19.6. The van der Waals surface area contributed by atoms with Gasteiger partial charge in [0.1, 0.15) is 11.6 Å². The van der Waals surface area contributed by atoms with Crippen LogP contribution in [0.4, 0.5) is 4.39 Å². The highest BCUT2D eigenvalue weighted by Gasteiger charge is 2.25.